The highest BCUT2D eigenvalue weighted by molar-refractivity contribution is 5.81. The third kappa shape index (κ3) is 3.30. The number of amides is 1. The Morgan fingerprint density at radius 3 is 2.71 bits per heavy atom. The molecule has 1 aromatic rings. The number of hydrogen-bond donors (Lipinski definition) is 2. The van der Waals surface area contributed by atoms with Crippen LogP contribution < -0.4 is 10.6 Å². The van der Waals surface area contributed by atoms with Crippen molar-refractivity contribution in [1.82, 2.24) is 20.0 Å². The minimum Gasteiger partial charge on any atom is -0.355 e. The maximum Gasteiger partial charge on any atom is 0.333 e. The van der Waals surface area contributed by atoms with Crippen LogP contribution in [-0.4, -0.2) is 58.2 Å². The molecule has 116 valence electrons. The fourth-order valence-corrected chi connectivity index (χ4v) is 2.38. The highest BCUT2D eigenvalue weighted by Gasteiger charge is 2.26. The Morgan fingerprint density at radius 2 is 2.14 bits per heavy atom. The van der Waals surface area contributed by atoms with Gasteiger partial charge in [0.1, 0.15) is 5.69 Å². The zero-order valence-electron chi connectivity index (χ0n) is 12.3. The zero-order valence-corrected chi connectivity index (χ0v) is 12.3. The first-order valence-electron chi connectivity index (χ1n) is 6.97. The summed E-state index contributed by atoms with van der Waals surface area (Å²) in [6.07, 6.45) is 0.470. The number of carbonyl (C=O) groups is 1. The van der Waals surface area contributed by atoms with Crippen molar-refractivity contribution in [3.8, 4) is 0 Å². The molecule has 1 fully saturated rings. The summed E-state index contributed by atoms with van der Waals surface area (Å²) in [5, 5.41) is 21.3. The van der Waals surface area contributed by atoms with Crippen LogP contribution in [-0.2, 0) is 18.3 Å². The summed E-state index contributed by atoms with van der Waals surface area (Å²) < 4.78 is 1.42. The van der Waals surface area contributed by atoms with E-state index in [-0.39, 0.29) is 24.0 Å². The van der Waals surface area contributed by atoms with Gasteiger partial charge in [0.05, 0.1) is 11.5 Å². The molecule has 2 N–H and O–H groups in total. The van der Waals surface area contributed by atoms with Crippen molar-refractivity contribution in [2.45, 2.75) is 13.3 Å². The van der Waals surface area contributed by atoms with Crippen molar-refractivity contribution in [1.29, 1.82) is 0 Å². The molecular formula is C12H20N6O3. The van der Waals surface area contributed by atoms with E-state index in [1.807, 2.05) is 6.92 Å². The van der Waals surface area contributed by atoms with Crippen LogP contribution in [0.2, 0.25) is 0 Å². The number of piperazine rings is 1. The number of carbonyl (C=O) groups excluding carboxylic acids is 1. The Bertz CT molecular complexity index is 535. The maximum absolute atomic E-state index is 12.1. The molecule has 9 heteroatoms. The Balaban J connectivity index is 2.07. The minimum atomic E-state index is -0.455. The van der Waals surface area contributed by atoms with Crippen LogP contribution in [0.4, 0.5) is 11.5 Å². The van der Waals surface area contributed by atoms with Crippen molar-refractivity contribution in [3.63, 3.8) is 0 Å². The van der Waals surface area contributed by atoms with Crippen molar-refractivity contribution in [2.24, 2.45) is 7.05 Å². The molecule has 1 saturated heterocycles. The van der Waals surface area contributed by atoms with Gasteiger partial charge in [-0.3, -0.25) is 14.9 Å². The number of anilines is 1. The molecule has 2 rings (SSSR count). The van der Waals surface area contributed by atoms with Crippen LogP contribution in [0.3, 0.4) is 0 Å². The van der Waals surface area contributed by atoms with E-state index >= 15 is 0 Å². The number of nitrogens with one attached hydrogen (secondary N) is 2. The van der Waals surface area contributed by atoms with Crippen LogP contribution in [0.1, 0.15) is 12.6 Å². The second-order valence-electron chi connectivity index (χ2n) is 4.86. The van der Waals surface area contributed by atoms with E-state index in [4.69, 9.17) is 0 Å². The Hall–Kier alpha value is -2.16. The van der Waals surface area contributed by atoms with Crippen molar-refractivity contribution >= 4 is 17.4 Å². The van der Waals surface area contributed by atoms with Gasteiger partial charge in [-0.05, 0) is 6.42 Å². The minimum absolute atomic E-state index is 0.0313. The number of aromatic nitrogens is 2. The Morgan fingerprint density at radius 1 is 1.48 bits per heavy atom. The Kier molecular flexibility index (Phi) is 4.73. The smallest absolute Gasteiger partial charge is 0.333 e. The molecule has 0 unspecified atom stereocenters. The molecule has 21 heavy (non-hydrogen) atoms. The molecule has 1 amide bonds. The third-order valence-corrected chi connectivity index (χ3v) is 3.49. The van der Waals surface area contributed by atoms with Gasteiger partial charge in [-0.15, -0.1) is 0 Å². The topological polar surface area (TPSA) is 105 Å². The number of aryl methyl sites for hydroxylation is 2. The van der Waals surface area contributed by atoms with Crippen LogP contribution in [0.15, 0.2) is 0 Å². The summed E-state index contributed by atoms with van der Waals surface area (Å²) in [5.41, 5.74) is 0.368. The average molecular weight is 296 g/mol. The normalized spacial score (nSPS) is 15.0. The fraction of sp³-hybridized carbons (Fsp3) is 0.667. The molecule has 0 aliphatic carbocycles. The summed E-state index contributed by atoms with van der Waals surface area (Å²) in [6.45, 7) is 4.71. The van der Waals surface area contributed by atoms with E-state index in [1.165, 1.54) is 4.68 Å². The summed E-state index contributed by atoms with van der Waals surface area (Å²) in [4.78, 5) is 24.5. The van der Waals surface area contributed by atoms with Crippen LogP contribution in [0.25, 0.3) is 0 Å². The second kappa shape index (κ2) is 6.53. The molecule has 9 nitrogen and oxygen atoms in total. The molecule has 1 aliphatic rings. The van der Waals surface area contributed by atoms with E-state index in [1.54, 1.807) is 11.9 Å². The summed E-state index contributed by atoms with van der Waals surface area (Å²) in [5.74, 6) is 0.213. The maximum atomic E-state index is 12.1. The van der Waals surface area contributed by atoms with Gasteiger partial charge in [0.25, 0.3) is 0 Å². The lowest BCUT2D eigenvalue weighted by molar-refractivity contribution is -0.384. The molecule has 2 heterocycles. The van der Waals surface area contributed by atoms with Crippen molar-refractivity contribution in [3.05, 3.63) is 15.8 Å². The largest absolute Gasteiger partial charge is 0.355 e. The second-order valence-corrected chi connectivity index (χ2v) is 4.86. The van der Waals surface area contributed by atoms with E-state index in [0.29, 0.717) is 25.2 Å². The third-order valence-electron chi connectivity index (χ3n) is 3.49. The fourth-order valence-electron chi connectivity index (χ4n) is 2.38. The number of nitro groups is 1. The first kappa shape index (κ1) is 15.2. The van der Waals surface area contributed by atoms with Gasteiger partial charge < -0.3 is 15.5 Å². The lowest BCUT2D eigenvalue weighted by atomic mass is 10.3. The van der Waals surface area contributed by atoms with Crippen LogP contribution >= 0.6 is 0 Å². The molecule has 1 aliphatic heterocycles. The average Bonchev–Trinajstić information content (AvgIpc) is 2.81. The predicted molar refractivity (Wildman–Crippen MR) is 77.2 cm³/mol. The molecular weight excluding hydrogens is 276 g/mol. The molecule has 0 aromatic carbocycles. The molecule has 1 aromatic heterocycles. The van der Waals surface area contributed by atoms with E-state index in [9.17, 15) is 14.9 Å². The highest BCUT2D eigenvalue weighted by Crippen LogP contribution is 2.28. The van der Waals surface area contributed by atoms with Crippen LogP contribution in [0, 0.1) is 10.1 Å². The van der Waals surface area contributed by atoms with Gasteiger partial charge in [0.2, 0.25) is 11.7 Å². The van der Waals surface area contributed by atoms with E-state index in [2.05, 4.69) is 15.7 Å². The molecule has 0 radical (unpaired) electrons. The zero-order chi connectivity index (χ0) is 15.4. The summed E-state index contributed by atoms with van der Waals surface area (Å²) in [6, 6.07) is 0. The van der Waals surface area contributed by atoms with Crippen LogP contribution in [0.5, 0.6) is 0 Å². The van der Waals surface area contributed by atoms with Gasteiger partial charge in [0, 0.05) is 33.2 Å². The van der Waals surface area contributed by atoms with Gasteiger partial charge >= 0.3 is 5.69 Å². The quantitative estimate of drug-likeness (QED) is 0.572. The number of hydrogen-bond acceptors (Lipinski definition) is 6. The SMILES string of the molecule is CCc1nn(C)c(NCC(=O)N2CCNCC2)c1[N+](=O)[O-]. The lowest BCUT2D eigenvalue weighted by Crippen LogP contribution is -2.48. The molecule has 0 saturated carbocycles. The molecule has 0 bridgehead atoms. The first-order chi connectivity index (χ1) is 10.0. The lowest BCUT2D eigenvalue weighted by Gasteiger charge is -2.27. The summed E-state index contributed by atoms with van der Waals surface area (Å²) in [7, 11) is 1.63. The summed E-state index contributed by atoms with van der Waals surface area (Å²) >= 11 is 0. The van der Waals surface area contributed by atoms with Gasteiger partial charge in [-0.25, -0.2) is 4.68 Å². The van der Waals surface area contributed by atoms with Gasteiger partial charge in [-0.2, -0.15) is 5.10 Å². The number of rotatable bonds is 5. The predicted octanol–water partition coefficient (Wildman–Crippen LogP) is -0.266. The monoisotopic (exact) mass is 296 g/mol. The first-order valence-corrected chi connectivity index (χ1v) is 6.97. The van der Waals surface area contributed by atoms with Crippen molar-refractivity contribution < 1.29 is 9.72 Å². The highest BCUT2D eigenvalue weighted by atomic mass is 16.6. The standard InChI is InChI=1S/C12H20N6O3/c1-3-9-11(18(20)21)12(16(2)15-9)14-8-10(19)17-6-4-13-5-7-17/h13-14H,3-8H2,1-2H3. The van der Waals surface area contributed by atoms with E-state index < -0.39 is 4.92 Å². The van der Waals surface area contributed by atoms with E-state index in [0.717, 1.165) is 13.1 Å². The number of nitrogens with zero attached hydrogens (tertiary/aromatic N) is 4. The van der Waals surface area contributed by atoms with Crippen molar-refractivity contribution in [2.75, 3.05) is 38.0 Å². The molecule has 0 spiro atoms. The molecule has 0 atom stereocenters. The van der Waals surface area contributed by atoms with Gasteiger partial charge in [0.15, 0.2) is 0 Å². The van der Waals surface area contributed by atoms with Gasteiger partial charge in [-0.1, -0.05) is 6.92 Å². The Labute approximate surface area is 122 Å².